The summed E-state index contributed by atoms with van der Waals surface area (Å²) in [7, 11) is 0. The third kappa shape index (κ3) is 5.47. The summed E-state index contributed by atoms with van der Waals surface area (Å²) in [6, 6.07) is 17.6. The number of amides is 2. The highest BCUT2D eigenvalue weighted by Gasteiger charge is 2.35. The van der Waals surface area contributed by atoms with Crippen LogP contribution in [0.2, 0.25) is 0 Å². The van der Waals surface area contributed by atoms with E-state index in [0.717, 1.165) is 16.1 Å². The van der Waals surface area contributed by atoms with E-state index in [9.17, 15) is 14.4 Å². The molecule has 0 radical (unpaired) electrons. The number of ether oxygens (including phenoxy) is 3. The van der Waals surface area contributed by atoms with Crippen molar-refractivity contribution in [2.24, 2.45) is 0 Å². The zero-order valence-corrected chi connectivity index (χ0v) is 15.1. The first kappa shape index (κ1) is 19.2. The Hall–Kier alpha value is -3.55. The number of nitrogens with one attached hydrogen (secondary N) is 1. The highest BCUT2D eigenvalue weighted by atomic mass is 16.6. The van der Waals surface area contributed by atoms with Crippen molar-refractivity contribution < 1.29 is 28.6 Å². The van der Waals surface area contributed by atoms with E-state index < -0.39 is 24.2 Å². The number of carbonyl (C=O) groups excluding carboxylic acids is 3. The quantitative estimate of drug-likeness (QED) is 0.484. The number of benzene rings is 2. The lowest BCUT2D eigenvalue weighted by Crippen LogP contribution is -2.52. The molecule has 1 atom stereocenters. The number of rotatable bonds is 5. The van der Waals surface area contributed by atoms with E-state index in [1.807, 2.05) is 48.5 Å². The molecule has 0 unspecified atom stereocenters. The lowest BCUT2D eigenvalue weighted by atomic mass is 10.2. The highest BCUT2D eigenvalue weighted by Crippen LogP contribution is 2.14. The Balaban J connectivity index is 1.58. The maximum atomic E-state index is 12.5. The van der Waals surface area contributed by atoms with Crippen LogP contribution in [0.25, 0.3) is 0 Å². The van der Waals surface area contributed by atoms with Gasteiger partial charge in [0.05, 0.1) is 6.42 Å². The Kier molecular flexibility index (Phi) is 6.46. The van der Waals surface area contributed by atoms with Gasteiger partial charge in [-0.25, -0.2) is 20.0 Å². The fourth-order valence-electron chi connectivity index (χ4n) is 2.59. The van der Waals surface area contributed by atoms with E-state index in [-0.39, 0.29) is 26.2 Å². The normalized spacial score (nSPS) is 15.4. The van der Waals surface area contributed by atoms with Crippen molar-refractivity contribution in [1.82, 2.24) is 10.4 Å². The lowest BCUT2D eigenvalue weighted by molar-refractivity contribution is -0.137. The minimum Gasteiger partial charge on any atom is -0.463 e. The molecule has 1 N–H and O–H groups in total. The molecule has 146 valence electrons. The van der Waals surface area contributed by atoms with Crippen molar-refractivity contribution in [3.8, 4) is 0 Å². The summed E-state index contributed by atoms with van der Waals surface area (Å²) >= 11 is 0. The summed E-state index contributed by atoms with van der Waals surface area (Å²) in [5.74, 6) is -0.453. The Bertz CT molecular complexity index is 812. The van der Waals surface area contributed by atoms with Crippen LogP contribution in [-0.4, -0.2) is 35.8 Å². The lowest BCUT2D eigenvalue weighted by Gasteiger charge is -2.26. The van der Waals surface area contributed by atoms with Gasteiger partial charge in [0.15, 0.2) is 0 Å². The van der Waals surface area contributed by atoms with E-state index in [2.05, 4.69) is 5.43 Å². The van der Waals surface area contributed by atoms with E-state index in [1.54, 1.807) is 12.1 Å². The Morgan fingerprint density at radius 2 is 1.54 bits per heavy atom. The third-order valence-electron chi connectivity index (χ3n) is 4.03. The monoisotopic (exact) mass is 384 g/mol. The van der Waals surface area contributed by atoms with Gasteiger partial charge in [-0.05, 0) is 11.1 Å². The Morgan fingerprint density at radius 1 is 0.964 bits per heavy atom. The molecule has 0 bridgehead atoms. The largest absolute Gasteiger partial charge is 0.463 e. The molecular formula is C20H20N2O6. The smallest absolute Gasteiger partial charge is 0.429 e. The standard InChI is InChI=1S/C20H20N2O6/c23-18-11-17(14-26-18)22(20(25)28-13-16-9-5-2-6-10-16)21-19(24)27-12-15-7-3-1-4-8-15/h1-10,17H,11-14H2,(H,21,24)/t17-/m1/s1. The molecule has 8 nitrogen and oxygen atoms in total. The number of hydrogen-bond donors (Lipinski definition) is 1. The minimum absolute atomic E-state index is 0.0262. The van der Waals surface area contributed by atoms with Gasteiger partial charge < -0.3 is 14.2 Å². The van der Waals surface area contributed by atoms with Crippen LogP contribution in [0.3, 0.4) is 0 Å². The van der Waals surface area contributed by atoms with Crippen LogP contribution >= 0.6 is 0 Å². The maximum Gasteiger partial charge on any atom is 0.429 e. The molecule has 2 aromatic rings. The zero-order chi connectivity index (χ0) is 19.8. The second kappa shape index (κ2) is 9.40. The number of hydrazine groups is 1. The molecule has 1 aliphatic rings. The van der Waals surface area contributed by atoms with Gasteiger partial charge in [-0.15, -0.1) is 0 Å². The molecule has 1 aliphatic heterocycles. The van der Waals surface area contributed by atoms with Gasteiger partial charge in [-0.2, -0.15) is 0 Å². The predicted molar refractivity (Wildman–Crippen MR) is 97.6 cm³/mol. The number of carbonyl (C=O) groups is 3. The summed E-state index contributed by atoms with van der Waals surface area (Å²) in [5.41, 5.74) is 3.95. The zero-order valence-electron chi connectivity index (χ0n) is 15.1. The fraction of sp³-hybridized carbons (Fsp3) is 0.250. The van der Waals surface area contributed by atoms with Crippen LogP contribution in [0.5, 0.6) is 0 Å². The van der Waals surface area contributed by atoms with Crippen LogP contribution in [0.15, 0.2) is 60.7 Å². The van der Waals surface area contributed by atoms with Crippen LogP contribution in [0, 0.1) is 0 Å². The minimum atomic E-state index is -0.833. The first-order valence-electron chi connectivity index (χ1n) is 8.74. The van der Waals surface area contributed by atoms with Gasteiger partial charge in [0.1, 0.15) is 25.9 Å². The van der Waals surface area contributed by atoms with E-state index in [1.165, 1.54) is 0 Å². The molecule has 1 fully saturated rings. The molecule has 3 rings (SSSR count). The molecule has 0 spiro atoms. The maximum absolute atomic E-state index is 12.5. The van der Waals surface area contributed by atoms with E-state index in [0.29, 0.717) is 0 Å². The molecule has 0 aromatic heterocycles. The predicted octanol–water partition coefficient (Wildman–Crippen LogP) is 2.78. The van der Waals surface area contributed by atoms with Crippen molar-refractivity contribution in [3.05, 3.63) is 71.8 Å². The van der Waals surface area contributed by atoms with Gasteiger partial charge >= 0.3 is 18.2 Å². The van der Waals surface area contributed by atoms with Gasteiger partial charge in [-0.1, -0.05) is 60.7 Å². The van der Waals surface area contributed by atoms with E-state index in [4.69, 9.17) is 14.2 Å². The van der Waals surface area contributed by atoms with Crippen LogP contribution in [0.4, 0.5) is 9.59 Å². The molecule has 0 saturated carbocycles. The molecular weight excluding hydrogens is 364 g/mol. The van der Waals surface area contributed by atoms with Crippen molar-refractivity contribution in [2.75, 3.05) is 6.61 Å². The summed E-state index contributed by atoms with van der Waals surface area (Å²) in [4.78, 5) is 36.0. The first-order chi connectivity index (χ1) is 13.6. The van der Waals surface area contributed by atoms with Crippen LogP contribution < -0.4 is 5.43 Å². The summed E-state index contributed by atoms with van der Waals surface area (Å²) in [6.45, 7) is 0.0380. The van der Waals surface area contributed by atoms with Gasteiger partial charge in [-0.3, -0.25) is 4.79 Å². The van der Waals surface area contributed by atoms with Crippen molar-refractivity contribution >= 4 is 18.2 Å². The molecule has 28 heavy (non-hydrogen) atoms. The SMILES string of the molecule is O=C1C[C@@H](N(NC(=O)OCc2ccccc2)C(=O)OCc2ccccc2)CO1. The average Bonchev–Trinajstić information content (AvgIpc) is 3.16. The third-order valence-corrected chi connectivity index (χ3v) is 4.03. The number of hydrogen-bond acceptors (Lipinski definition) is 6. The molecule has 2 aromatic carbocycles. The van der Waals surface area contributed by atoms with Crippen molar-refractivity contribution in [2.45, 2.75) is 25.7 Å². The molecule has 0 aliphatic carbocycles. The number of esters is 1. The second-order valence-corrected chi connectivity index (χ2v) is 6.12. The first-order valence-corrected chi connectivity index (χ1v) is 8.74. The number of cyclic esters (lactones) is 1. The van der Waals surface area contributed by atoms with Crippen molar-refractivity contribution in [1.29, 1.82) is 0 Å². The van der Waals surface area contributed by atoms with Crippen LogP contribution in [-0.2, 0) is 32.2 Å². The van der Waals surface area contributed by atoms with E-state index >= 15 is 0 Å². The van der Waals surface area contributed by atoms with Crippen LogP contribution in [0.1, 0.15) is 17.5 Å². The van der Waals surface area contributed by atoms with Gasteiger partial charge in [0, 0.05) is 0 Å². The van der Waals surface area contributed by atoms with Crippen molar-refractivity contribution in [3.63, 3.8) is 0 Å². The second-order valence-electron chi connectivity index (χ2n) is 6.12. The number of nitrogens with zero attached hydrogens (tertiary/aromatic N) is 1. The van der Waals surface area contributed by atoms with Gasteiger partial charge in [0.2, 0.25) is 0 Å². The average molecular weight is 384 g/mol. The summed E-state index contributed by atoms with van der Waals surface area (Å²) < 4.78 is 15.3. The summed E-state index contributed by atoms with van der Waals surface area (Å²) in [5, 5.41) is 0.946. The fourth-order valence-corrected chi connectivity index (χ4v) is 2.59. The Labute approximate surface area is 162 Å². The molecule has 1 heterocycles. The molecule has 2 amide bonds. The molecule has 1 saturated heterocycles. The molecule has 8 heteroatoms. The van der Waals surface area contributed by atoms with Gasteiger partial charge in [0.25, 0.3) is 0 Å². The summed E-state index contributed by atoms with van der Waals surface area (Å²) in [6.07, 6.45) is -1.68. The Morgan fingerprint density at radius 3 is 2.07 bits per heavy atom. The highest BCUT2D eigenvalue weighted by molar-refractivity contribution is 5.77. The topological polar surface area (TPSA) is 94.2 Å².